The van der Waals surface area contributed by atoms with Gasteiger partial charge in [0.05, 0.1) is 10.6 Å². The molecular weight excluding hydrogens is 332 g/mol. The molecule has 0 heterocycles. The van der Waals surface area contributed by atoms with E-state index in [1.165, 1.54) is 13.0 Å². The van der Waals surface area contributed by atoms with E-state index in [9.17, 15) is 14.4 Å². The minimum absolute atomic E-state index is 0.159. The predicted octanol–water partition coefficient (Wildman–Crippen LogP) is 2.35. The predicted molar refractivity (Wildman–Crippen MR) is 88.4 cm³/mol. The summed E-state index contributed by atoms with van der Waals surface area (Å²) in [5.74, 6) is -1.87. The molecule has 2 rings (SSSR count). The first-order chi connectivity index (χ1) is 11.5. The Bertz CT molecular complexity index is 749. The van der Waals surface area contributed by atoms with E-state index in [0.717, 1.165) is 0 Å². The Morgan fingerprint density at radius 2 is 1.58 bits per heavy atom. The van der Waals surface area contributed by atoms with Crippen LogP contribution in [0.25, 0.3) is 0 Å². The molecule has 124 valence electrons. The zero-order valence-electron chi connectivity index (χ0n) is 12.8. The van der Waals surface area contributed by atoms with Gasteiger partial charge >= 0.3 is 5.97 Å². The van der Waals surface area contributed by atoms with Gasteiger partial charge in [0.1, 0.15) is 0 Å². The van der Waals surface area contributed by atoms with Gasteiger partial charge in [-0.3, -0.25) is 20.4 Å². The van der Waals surface area contributed by atoms with Crippen molar-refractivity contribution in [1.82, 2.24) is 10.9 Å². The molecule has 2 aromatic rings. The second-order valence-electron chi connectivity index (χ2n) is 4.84. The van der Waals surface area contributed by atoms with Gasteiger partial charge in [0.15, 0.2) is 6.10 Å². The molecule has 0 spiro atoms. The molecule has 0 aliphatic carbocycles. The number of esters is 1. The van der Waals surface area contributed by atoms with Gasteiger partial charge in [0.2, 0.25) is 0 Å². The fourth-order valence-electron chi connectivity index (χ4n) is 1.79. The highest BCUT2D eigenvalue weighted by atomic mass is 35.5. The van der Waals surface area contributed by atoms with E-state index in [2.05, 4.69) is 10.9 Å². The topological polar surface area (TPSA) is 84.5 Å². The summed E-state index contributed by atoms with van der Waals surface area (Å²) in [6, 6.07) is 14.7. The molecule has 0 aromatic heterocycles. The number of rotatable bonds is 4. The van der Waals surface area contributed by atoms with Crippen molar-refractivity contribution in [2.45, 2.75) is 13.0 Å². The summed E-state index contributed by atoms with van der Waals surface area (Å²) in [4.78, 5) is 35.7. The van der Waals surface area contributed by atoms with Crippen LogP contribution in [0.15, 0.2) is 54.6 Å². The Balaban J connectivity index is 1.87. The van der Waals surface area contributed by atoms with Crippen LogP contribution < -0.4 is 10.9 Å². The molecule has 0 fully saturated rings. The average Bonchev–Trinajstić information content (AvgIpc) is 2.60. The third-order valence-electron chi connectivity index (χ3n) is 3.08. The fraction of sp³-hybridized carbons (Fsp3) is 0.118. The number of hydrazine groups is 1. The van der Waals surface area contributed by atoms with Gasteiger partial charge in [0, 0.05) is 5.56 Å². The summed E-state index contributed by atoms with van der Waals surface area (Å²) in [6.07, 6.45) is -1.11. The van der Waals surface area contributed by atoms with Crippen LogP contribution in [0.2, 0.25) is 5.02 Å². The normalized spacial score (nSPS) is 11.2. The first-order valence-electron chi connectivity index (χ1n) is 7.10. The third kappa shape index (κ3) is 4.57. The number of nitrogens with one attached hydrogen (secondary N) is 2. The number of ether oxygens (including phenoxy) is 1. The van der Waals surface area contributed by atoms with Crippen LogP contribution in [-0.2, 0) is 9.53 Å². The molecule has 2 aromatic carbocycles. The number of carbonyl (C=O) groups is 3. The van der Waals surface area contributed by atoms with Crippen LogP contribution >= 0.6 is 11.6 Å². The highest BCUT2D eigenvalue weighted by molar-refractivity contribution is 6.33. The minimum Gasteiger partial charge on any atom is -0.449 e. The summed E-state index contributed by atoms with van der Waals surface area (Å²) < 4.78 is 5.03. The van der Waals surface area contributed by atoms with Gasteiger partial charge < -0.3 is 4.74 Å². The molecule has 0 saturated carbocycles. The standard InChI is InChI=1S/C17H15ClN2O4/c1-11(24-17(23)13-9-5-6-10-14(13)18)15(21)19-20-16(22)12-7-3-2-4-8-12/h2-11H,1H3,(H,19,21)(H,20,22)/t11-/m0/s1. The first kappa shape index (κ1) is 17.5. The number of benzene rings is 2. The third-order valence-corrected chi connectivity index (χ3v) is 3.41. The zero-order valence-corrected chi connectivity index (χ0v) is 13.5. The van der Waals surface area contributed by atoms with E-state index in [-0.39, 0.29) is 10.6 Å². The second kappa shape index (κ2) is 8.12. The molecule has 6 nitrogen and oxygen atoms in total. The van der Waals surface area contributed by atoms with E-state index >= 15 is 0 Å². The summed E-state index contributed by atoms with van der Waals surface area (Å²) in [5, 5.41) is 0.229. The van der Waals surface area contributed by atoms with Crippen molar-refractivity contribution in [3.8, 4) is 0 Å². The van der Waals surface area contributed by atoms with Crippen molar-refractivity contribution in [2.75, 3.05) is 0 Å². The highest BCUT2D eigenvalue weighted by Crippen LogP contribution is 2.16. The van der Waals surface area contributed by atoms with Crippen molar-refractivity contribution < 1.29 is 19.1 Å². The number of carbonyl (C=O) groups excluding carboxylic acids is 3. The molecule has 2 amide bonds. The fourth-order valence-corrected chi connectivity index (χ4v) is 2.00. The monoisotopic (exact) mass is 346 g/mol. The minimum atomic E-state index is -1.11. The largest absolute Gasteiger partial charge is 0.449 e. The Labute approximate surface area is 143 Å². The van der Waals surface area contributed by atoms with E-state index in [1.54, 1.807) is 48.5 Å². The van der Waals surface area contributed by atoms with E-state index in [4.69, 9.17) is 16.3 Å². The maximum Gasteiger partial charge on any atom is 0.340 e. The van der Waals surface area contributed by atoms with Crippen LogP contribution in [0.4, 0.5) is 0 Å². The summed E-state index contributed by atoms with van der Waals surface area (Å²) >= 11 is 5.89. The quantitative estimate of drug-likeness (QED) is 0.657. The van der Waals surface area contributed by atoms with Crippen LogP contribution in [0.1, 0.15) is 27.6 Å². The first-order valence-corrected chi connectivity index (χ1v) is 7.47. The highest BCUT2D eigenvalue weighted by Gasteiger charge is 2.20. The van der Waals surface area contributed by atoms with Gasteiger partial charge in [0.25, 0.3) is 11.8 Å². The van der Waals surface area contributed by atoms with Gasteiger partial charge in [-0.15, -0.1) is 0 Å². The van der Waals surface area contributed by atoms with Gasteiger partial charge in [-0.05, 0) is 31.2 Å². The van der Waals surface area contributed by atoms with Crippen LogP contribution in [0.3, 0.4) is 0 Å². The smallest absolute Gasteiger partial charge is 0.340 e. The molecule has 2 N–H and O–H groups in total. The Morgan fingerprint density at radius 3 is 2.25 bits per heavy atom. The lowest BCUT2D eigenvalue weighted by atomic mass is 10.2. The summed E-state index contributed by atoms with van der Waals surface area (Å²) in [7, 11) is 0. The van der Waals surface area contributed by atoms with Crippen LogP contribution in [0.5, 0.6) is 0 Å². The lowest BCUT2D eigenvalue weighted by Crippen LogP contribution is -2.46. The second-order valence-corrected chi connectivity index (χ2v) is 5.24. The molecule has 0 aliphatic rings. The summed E-state index contributed by atoms with van der Waals surface area (Å²) in [5.41, 5.74) is 5.00. The van der Waals surface area contributed by atoms with Crippen molar-refractivity contribution in [1.29, 1.82) is 0 Å². The number of amides is 2. The molecule has 7 heteroatoms. The molecule has 0 bridgehead atoms. The maximum absolute atomic E-state index is 12.0. The Hall–Kier alpha value is -2.86. The number of hydrogen-bond acceptors (Lipinski definition) is 4. The summed E-state index contributed by atoms with van der Waals surface area (Å²) in [6.45, 7) is 1.39. The molecular formula is C17H15ClN2O4. The van der Waals surface area contributed by atoms with Crippen molar-refractivity contribution in [2.24, 2.45) is 0 Å². The lowest BCUT2D eigenvalue weighted by molar-refractivity contribution is -0.129. The maximum atomic E-state index is 12.0. The average molecular weight is 347 g/mol. The van der Waals surface area contributed by atoms with E-state index in [1.807, 2.05) is 0 Å². The zero-order chi connectivity index (χ0) is 17.5. The SMILES string of the molecule is C[C@H](OC(=O)c1ccccc1Cl)C(=O)NNC(=O)c1ccccc1. The van der Waals surface area contributed by atoms with E-state index in [0.29, 0.717) is 5.56 Å². The molecule has 24 heavy (non-hydrogen) atoms. The van der Waals surface area contributed by atoms with Crippen LogP contribution in [0, 0.1) is 0 Å². The van der Waals surface area contributed by atoms with E-state index < -0.39 is 23.9 Å². The van der Waals surface area contributed by atoms with Gasteiger partial charge in [-0.2, -0.15) is 0 Å². The number of hydrogen-bond donors (Lipinski definition) is 2. The number of halogens is 1. The Morgan fingerprint density at radius 1 is 0.958 bits per heavy atom. The molecule has 0 aliphatic heterocycles. The van der Waals surface area contributed by atoms with Gasteiger partial charge in [-0.25, -0.2) is 4.79 Å². The van der Waals surface area contributed by atoms with Crippen molar-refractivity contribution in [3.05, 3.63) is 70.7 Å². The molecule has 0 unspecified atom stereocenters. The Kier molecular flexibility index (Phi) is 5.92. The molecule has 1 atom stereocenters. The van der Waals surface area contributed by atoms with Crippen LogP contribution in [-0.4, -0.2) is 23.9 Å². The van der Waals surface area contributed by atoms with Crippen molar-refractivity contribution in [3.63, 3.8) is 0 Å². The molecule has 0 radical (unpaired) electrons. The lowest BCUT2D eigenvalue weighted by Gasteiger charge is -2.14. The van der Waals surface area contributed by atoms with Crippen molar-refractivity contribution >= 4 is 29.4 Å². The molecule has 0 saturated heterocycles. The van der Waals surface area contributed by atoms with Gasteiger partial charge in [-0.1, -0.05) is 41.9 Å².